The molecule has 0 aromatic heterocycles. The number of rotatable bonds is 8. The monoisotopic (exact) mass is 356 g/mol. The summed E-state index contributed by atoms with van der Waals surface area (Å²) in [6.07, 6.45) is 1.24. The van der Waals surface area contributed by atoms with E-state index in [4.69, 9.17) is 9.88 Å². The van der Waals surface area contributed by atoms with E-state index in [0.29, 0.717) is 6.42 Å². The fraction of sp³-hybridized carbons (Fsp3) is 0.500. The van der Waals surface area contributed by atoms with E-state index in [1.54, 1.807) is 12.1 Å². The summed E-state index contributed by atoms with van der Waals surface area (Å²) in [4.78, 5) is 23.4. The molecule has 0 aliphatic rings. The van der Waals surface area contributed by atoms with Gasteiger partial charge in [-0.3, -0.25) is 9.59 Å². The number of nitrogens with two attached hydrogens (primary N) is 1. The predicted molar refractivity (Wildman–Crippen MR) is 89.6 cm³/mol. The van der Waals surface area contributed by atoms with Gasteiger partial charge < -0.3 is 10.1 Å². The third kappa shape index (κ3) is 7.10. The van der Waals surface area contributed by atoms with E-state index in [0.717, 1.165) is 12.0 Å². The molecular weight excluding hydrogens is 332 g/mol. The van der Waals surface area contributed by atoms with Gasteiger partial charge in [0, 0.05) is 12.0 Å². The Labute approximate surface area is 142 Å². The second-order valence-corrected chi connectivity index (χ2v) is 7.70. The maximum absolute atomic E-state index is 11.7. The second kappa shape index (κ2) is 8.25. The Bertz CT molecular complexity index is 681. The molecule has 1 amide bonds. The summed E-state index contributed by atoms with van der Waals surface area (Å²) in [5.74, 6) is -0.831. The first-order valence-electron chi connectivity index (χ1n) is 7.62. The van der Waals surface area contributed by atoms with Crippen molar-refractivity contribution in [2.75, 3.05) is 6.61 Å². The van der Waals surface area contributed by atoms with E-state index < -0.39 is 16.0 Å². The lowest BCUT2D eigenvalue weighted by atomic mass is 10.0. The molecule has 24 heavy (non-hydrogen) atoms. The molecule has 0 unspecified atom stereocenters. The maximum Gasteiger partial charge on any atom is 0.306 e. The van der Waals surface area contributed by atoms with Gasteiger partial charge in [-0.15, -0.1) is 0 Å². The number of sulfonamides is 1. The fourth-order valence-corrected chi connectivity index (χ4v) is 2.33. The van der Waals surface area contributed by atoms with Crippen LogP contribution in [0.15, 0.2) is 29.2 Å². The van der Waals surface area contributed by atoms with Crippen molar-refractivity contribution in [3.8, 4) is 0 Å². The van der Waals surface area contributed by atoms with E-state index in [-0.39, 0.29) is 29.4 Å². The highest BCUT2D eigenvalue weighted by atomic mass is 32.2. The van der Waals surface area contributed by atoms with Crippen LogP contribution in [0.25, 0.3) is 0 Å². The Hall–Kier alpha value is -1.93. The largest absolute Gasteiger partial charge is 0.456 e. The number of amides is 1. The molecule has 0 radical (unpaired) electrons. The third-order valence-electron chi connectivity index (χ3n) is 3.60. The lowest BCUT2D eigenvalue weighted by Gasteiger charge is -2.24. The van der Waals surface area contributed by atoms with Crippen LogP contribution in [0.4, 0.5) is 0 Å². The van der Waals surface area contributed by atoms with Crippen molar-refractivity contribution >= 4 is 21.9 Å². The number of ether oxygens (including phenoxy) is 1. The van der Waals surface area contributed by atoms with E-state index in [1.165, 1.54) is 12.1 Å². The Morgan fingerprint density at radius 1 is 1.21 bits per heavy atom. The van der Waals surface area contributed by atoms with Crippen LogP contribution in [0, 0.1) is 0 Å². The van der Waals surface area contributed by atoms with E-state index in [1.807, 2.05) is 20.8 Å². The molecule has 0 atom stereocenters. The van der Waals surface area contributed by atoms with Gasteiger partial charge in [0.2, 0.25) is 10.0 Å². The molecule has 0 aliphatic carbocycles. The summed E-state index contributed by atoms with van der Waals surface area (Å²) in [6, 6.07) is 5.94. The van der Waals surface area contributed by atoms with Crippen LogP contribution < -0.4 is 10.5 Å². The van der Waals surface area contributed by atoms with Crippen molar-refractivity contribution in [3.63, 3.8) is 0 Å². The lowest BCUT2D eigenvalue weighted by molar-refractivity contribution is -0.149. The standard InChI is InChI=1S/C16H24N2O5S/c1-4-16(2,3)18-14(19)11-23-15(20)10-7-12-5-8-13(9-6-12)24(17,21)22/h5-6,8-9H,4,7,10-11H2,1-3H3,(H,18,19)(H2,17,21,22). The van der Waals surface area contributed by atoms with Crippen LogP contribution in [0.3, 0.4) is 0 Å². The molecule has 0 heterocycles. The number of hydrogen-bond acceptors (Lipinski definition) is 5. The number of carbonyl (C=O) groups is 2. The van der Waals surface area contributed by atoms with Crippen molar-refractivity contribution in [2.45, 2.75) is 50.5 Å². The van der Waals surface area contributed by atoms with Crippen LogP contribution in [0.2, 0.25) is 0 Å². The van der Waals surface area contributed by atoms with Crippen molar-refractivity contribution in [2.24, 2.45) is 5.14 Å². The Morgan fingerprint density at radius 3 is 2.29 bits per heavy atom. The molecular formula is C16H24N2O5S. The summed E-state index contributed by atoms with van der Waals surface area (Å²) >= 11 is 0. The van der Waals surface area contributed by atoms with E-state index in [9.17, 15) is 18.0 Å². The number of benzene rings is 1. The predicted octanol–water partition coefficient (Wildman–Crippen LogP) is 1.11. The summed E-state index contributed by atoms with van der Waals surface area (Å²) in [5.41, 5.74) is 0.435. The molecule has 1 aromatic carbocycles. The molecule has 0 spiro atoms. The minimum atomic E-state index is -3.72. The highest BCUT2D eigenvalue weighted by molar-refractivity contribution is 7.89. The zero-order valence-corrected chi connectivity index (χ0v) is 15.0. The van der Waals surface area contributed by atoms with E-state index >= 15 is 0 Å². The third-order valence-corrected chi connectivity index (χ3v) is 4.52. The molecule has 3 N–H and O–H groups in total. The Morgan fingerprint density at radius 2 is 1.79 bits per heavy atom. The van der Waals surface area contributed by atoms with Gasteiger partial charge in [0.1, 0.15) is 0 Å². The van der Waals surface area contributed by atoms with Gasteiger partial charge in [0.25, 0.3) is 5.91 Å². The summed E-state index contributed by atoms with van der Waals surface area (Å²) in [6.45, 7) is 5.41. The van der Waals surface area contributed by atoms with Gasteiger partial charge in [-0.2, -0.15) is 0 Å². The molecule has 7 nitrogen and oxygen atoms in total. The van der Waals surface area contributed by atoms with Crippen LogP contribution in [-0.4, -0.2) is 32.4 Å². The topological polar surface area (TPSA) is 116 Å². The zero-order chi connectivity index (χ0) is 18.4. The average Bonchev–Trinajstić information content (AvgIpc) is 2.50. The molecule has 0 aliphatic heterocycles. The number of nitrogens with one attached hydrogen (secondary N) is 1. The average molecular weight is 356 g/mol. The second-order valence-electron chi connectivity index (χ2n) is 6.14. The van der Waals surface area contributed by atoms with Gasteiger partial charge in [0.15, 0.2) is 6.61 Å². The molecule has 8 heteroatoms. The molecule has 0 fully saturated rings. The highest BCUT2D eigenvalue weighted by Crippen LogP contribution is 2.11. The normalized spacial score (nSPS) is 11.8. The molecule has 0 saturated heterocycles. The van der Waals surface area contributed by atoms with Gasteiger partial charge in [-0.1, -0.05) is 19.1 Å². The Kier molecular flexibility index (Phi) is 6.92. The number of hydrogen-bond donors (Lipinski definition) is 2. The number of esters is 1. The van der Waals surface area contributed by atoms with Crippen molar-refractivity contribution < 1.29 is 22.7 Å². The van der Waals surface area contributed by atoms with E-state index in [2.05, 4.69) is 5.32 Å². The van der Waals surface area contributed by atoms with Crippen molar-refractivity contribution in [1.29, 1.82) is 0 Å². The number of aryl methyl sites for hydroxylation is 1. The summed E-state index contributed by atoms with van der Waals surface area (Å²) in [7, 11) is -3.72. The van der Waals surface area contributed by atoms with Crippen LogP contribution >= 0.6 is 0 Å². The molecule has 1 rings (SSSR count). The summed E-state index contributed by atoms with van der Waals surface area (Å²) < 4.78 is 27.2. The van der Waals surface area contributed by atoms with Gasteiger partial charge in [-0.25, -0.2) is 13.6 Å². The Balaban J connectivity index is 2.40. The smallest absolute Gasteiger partial charge is 0.306 e. The molecule has 0 saturated carbocycles. The van der Waals surface area contributed by atoms with Gasteiger partial charge in [-0.05, 0) is 44.4 Å². The van der Waals surface area contributed by atoms with Gasteiger partial charge >= 0.3 is 5.97 Å². The van der Waals surface area contributed by atoms with Crippen molar-refractivity contribution in [3.05, 3.63) is 29.8 Å². The molecule has 1 aromatic rings. The number of carbonyl (C=O) groups excluding carboxylic acids is 2. The summed E-state index contributed by atoms with van der Waals surface area (Å²) in [5, 5.41) is 7.78. The number of primary sulfonamides is 1. The first kappa shape index (κ1) is 20.1. The fourth-order valence-electron chi connectivity index (χ4n) is 1.81. The lowest BCUT2D eigenvalue weighted by Crippen LogP contribution is -2.44. The van der Waals surface area contributed by atoms with Crippen molar-refractivity contribution in [1.82, 2.24) is 5.32 Å². The van der Waals surface area contributed by atoms with Crippen LogP contribution in [-0.2, 0) is 30.8 Å². The molecule has 0 bridgehead atoms. The SMILES string of the molecule is CCC(C)(C)NC(=O)COC(=O)CCc1ccc(S(N)(=O)=O)cc1. The minimum absolute atomic E-state index is 0.0176. The van der Waals surface area contributed by atoms with Crippen LogP contribution in [0.1, 0.15) is 39.2 Å². The zero-order valence-electron chi connectivity index (χ0n) is 14.2. The quantitative estimate of drug-likeness (QED) is 0.677. The minimum Gasteiger partial charge on any atom is -0.456 e. The molecule has 134 valence electrons. The first-order chi connectivity index (χ1) is 11.0. The maximum atomic E-state index is 11.7. The first-order valence-corrected chi connectivity index (χ1v) is 9.16. The van der Waals surface area contributed by atoms with Crippen LogP contribution in [0.5, 0.6) is 0 Å². The highest BCUT2D eigenvalue weighted by Gasteiger charge is 2.18. The van der Waals surface area contributed by atoms with Gasteiger partial charge in [0.05, 0.1) is 4.90 Å².